The van der Waals surface area contributed by atoms with E-state index in [9.17, 15) is 13.6 Å². The molecule has 1 fully saturated rings. The van der Waals surface area contributed by atoms with E-state index >= 15 is 0 Å². The van der Waals surface area contributed by atoms with Gasteiger partial charge < -0.3 is 5.32 Å². The highest BCUT2D eigenvalue weighted by atomic mass is 19.3. The van der Waals surface area contributed by atoms with Crippen molar-refractivity contribution in [2.24, 2.45) is 0 Å². The maximum atomic E-state index is 14.0. The average molecular weight is 450 g/mol. The molecule has 2 atom stereocenters. The second-order valence-electron chi connectivity index (χ2n) is 9.77. The second-order valence-corrected chi connectivity index (χ2v) is 9.77. The summed E-state index contributed by atoms with van der Waals surface area (Å²) >= 11 is 0. The molecule has 5 rings (SSSR count). The number of aromatic nitrogens is 2. The first-order valence-electron chi connectivity index (χ1n) is 11.6. The van der Waals surface area contributed by atoms with E-state index in [1.54, 1.807) is 10.6 Å². The third-order valence-electron chi connectivity index (χ3n) is 7.33. The number of nitrogens with one attached hydrogen (secondary N) is 1. The topological polar surface area (TPSA) is 46.9 Å². The van der Waals surface area contributed by atoms with Crippen molar-refractivity contribution in [2.75, 3.05) is 5.32 Å². The number of alkyl halides is 2. The third-order valence-corrected chi connectivity index (χ3v) is 7.33. The highest BCUT2D eigenvalue weighted by molar-refractivity contribution is 5.83. The average Bonchev–Trinajstić information content (AvgIpc) is 3.07. The van der Waals surface area contributed by atoms with Gasteiger partial charge in [-0.15, -0.1) is 0 Å². The van der Waals surface area contributed by atoms with Gasteiger partial charge in [0.15, 0.2) is 0 Å². The van der Waals surface area contributed by atoms with Crippen LogP contribution in [0.4, 0.5) is 14.5 Å². The van der Waals surface area contributed by atoms with E-state index in [1.165, 1.54) is 0 Å². The fourth-order valence-corrected chi connectivity index (χ4v) is 5.84. The number of hydrogen-bond acceptors (Lipinski definition) is 3. The molecular weight excluding hydrogens is 420 g/mol. The maximum absolute atomic E-state index is 14.0. The molecular formula is C27H29F2N3O. The number of para-hydroxylation sites is 1. The Morgan fingerprint density at radius 2 is 2.03 bits per heavy atom. The summed E-state index contributed by atoms with van der Waals surface area (Å²) in [6.07, 6.45) is 2.63. The zero-order valence-corrected chi connectivity index (χ0v) is 19.3. The minimum atomic E-state index is -2.68. The highest BCUT2D eigenvalue weighted by Gasteiger charge is 2.62. The van der Waals surface area contributed by atoms with Crippen LogP contribution >= 0.6 is 0 Å². The molecule has 172 valence electrons. The summed E-state index contributed by atoms with van der Waals surface area (Å²) in [5.74, 6) is -2.14. The van der Waals surface area contributed by atoms with E-state index in [2.05, 4.69) is 11.9 Å². The molecule has 1 saturated carbocycles. The Morgan fingerprint density at radius 3 is 2.70 bits per heavy atom. The van der Waals surface area contributed by atoms with Crippen molar-refractivity contribution in [3.8, 4) is 0 Å². The van der Waals surface area contributed by atoms with Crippen LogP contribution in [0.3, 0.4) is 0 Å². The van der Waals surface area contributed by atoms with E-state index < -0.39 is 11.3 Å². The zero-order chi connectivity index (χ0) is 23.5. The molecule has 0 bridgehead atoms. The Kier molecular flexibility index (Phi) is 4.96. The molecule has 4 nitrogen and oxygen atoms in total. The van der Waals surface area contributed by atoms with Crippen LogP contribution in [0.2, 0.25) is 0 Å². The van der Waals surface area contributed by atoms with Crippen molar-refractivity contribution in [3.05, 3.63) is 75.8 Å². The lowest BCUT2D eigenvalue weighted by molar-refractivity contribution is -0.128. The van der Waals surface area contributed by atoms with Crippen LogP contribution in [-0.4, -0.2) is 15.5 Å². The van der Waals surface area contributed by atoms with Gasteiger partial charge in [0.05, 0.1) is 16.9 Å². The smallest absolute Gasteiger partial charge is 0.261 e. The van der Waals surface area contributed by atoms with E-state index in [1.807, 2.05) is 57.2 Å². The van der Waals surface area contributed by atoms with Crippen LogP contribution in [0.1, 0.15) is 74.1 Å². The van der Waals surface area contributed by atoms with Crippen LogP contribution in [-0.2, 0) is 5.41 Å². The summed E-state index contributed by atoms with van der Waals surface area (Å²) < 4.78 is 29.7. The monoisotopic (exact) mass is 449 g/mol. The van der Waals surface area contributed by atoms with Crippen LogP contribution in [0.25, 0.3) is 17.0 Å². The minimum absolute atomic E-state index is 0.0838. The number of rotatable bonds is 5. The molecule has 3 aromatic rings. The summed E-state index contributed by atoms with van der Waals surface area (Å²) in [6, 6.07) is 11.6. The van der Waals surface area contributed by atoms with E-state index in [0.717, 1.165) is 28.8 Å². The lowest BCUT2D eigenvalue weighted by Crippen LogP contribution is -2.49. The number of fused-ring (bicyclic) bond motifs is 3. The SMILES string of the molecule is C=Cc1ccccc1NC(C)c1cc(C)cc2c(=O)n3c(nc12)C1(CC3CC)CC(F)(F)C1. The number of aryl methyl sites for hydroxylation is 1. The molecule has 1 aliphatic carbocycles. The molecule has 2 unspecified atom stereocenters. The first-order valence-corrected chi connectivity index (χ1v) is 11.6. The van der Waals surface area contributed by atoms with Crippen molar-refractivity contribution in [3.63, 3.8) is 0 Å². The lowest BCUT2D eigenvalue weighted by atomic mass is 9.64. The maximum Gasteiger partial charge on any atom is 0.261 e. The Labute approximate surface area is 192 Å². The fourth-order valence-electron chi connectivity index (χ4n) is 5.84. The standard InChI is InChI=1S/C27H29F2N3O/c1-5-18-9-7-8-10-22(18)30-17(4)20-11-16(3)12-21-23(20)31-25-26(14-27(28,29)15-26)13-19(6-2)32(25)24(21)33/h5,7-12,17,19,30H,1,6,13-15H2,2-4H3. The van der Waals surface area contributed by atoms with Gasteiger partial charge in [-0.1, -0.05) is 43.8 Å². The van der Waals surface area contributed by atoms with Gasteiger partial charge >= 0.3 is 0 Å². The number of anilines is 1. The molecule has 33 heavy (non-hydrogen) atoms. The molecule has 0 radical (unpaired) electrons. The van der Waals surface area contributed by atoms with Crippen LogP contribution in [0.15, 0.2) is 47.8 Å². The summed E-state index contributed by atoms with van der Waals surface area (Å²) in [6.45, 7) is 9.89. The van der Waals surface area contributed by atoms with Gasteiger partial charge in [-0.2, -0.15) is 0 Å². The summed E-state index contributed by atoms with van der Waals surface area (Å²) in [5, 5.41) is 4.08. The molecule has 2 aliphatic rings. The Morgan fingerprint density at radius 1 is 1.30 bits per heavy atom. The predicted molar refractivity (Wildman–Crippen MR) is 129 cm³/mol. The molecule has 1 aromatic heterocycles. The second kappa shape index (κ2) is 7.51. The van der Waals surface area contributed by atoms with E-state index in [0.29, 0.717) is 23.1 Å². The molecule has 2 heterocycles. The molecule has 6 heteroatoms. The van der Waals surface area contributed by atoms with E-state index in [-0.39, 0.29) is 30.5 Å². The summed E-state index contributed by atoms with van der Waals surface area (Å²) in [4.78, 5) is 18.6. The van der Waals surface area contributed by atoms with Gasteiger partial charge in [0.2, 0.25) is 5.92 Å². The first kappa shape index (κ1) is 21.8. The fraction of sp³-hybridized carbons (Fsp3) is 0.407. The Bertz CT molecular complexity index is 1320. The lowest BCUT2D eigenvalue weighted by Gasteiger charge is -2.44. The molecule has 1 aliphatic heterocycles. The van der Waals surface area contributed by atoms with Crippen molar-refractivity contribution in [2.45, 2.75) is 69.9 Å². The van der Waals surface area contributed by atoms with Gasteiger partial charge in [0.1, 0.15) is 5.82 Å². The normalized spacial score (nSPS) is 20.9. The van der Waals surface area contributed by atoms with Crippen molar-refractivity contribution < 1.29 is 8.78 Å². The number of hydrogen-bond donors (Lipinski definition) is 1. The van der Waals surface area contributed by atoms with Crippen LogP contribution < -0.4 is 10.9 Å². The molecule has 0 amide bonds. The van der Waals surface area contributed by atoms with Gasteiger partial charge in [0.25, 0.3) is 5.56 Å². The zero-order valence-electron chi connectivity index (χ0n) is 19.3. The molecule has 1 N–H and O–H groups in total. The van der Waals surface area contributed by atoms with Crippen LogP contribution in [0.5, 0.6) is 0 Å². The van der Waals surface area contributed by atoms with Gasteiger partial charge in [-0.3, -0.25) is 9.36 Å². The predicted octanol–water partition coefficient (Wildman–Crippen LogP) is 6.54. The Hall–Kier alpha value is -3.02. The number of halogens is 2. The van der Waals surface area contributed by atoms with Gasteiger partial charge in [0, 0.05) is 35.5 Å². The van der Waals surface area contributed by atoms with Crippen LogP contribution in [0, 0.1) is 6.92 Å². The third kappa shape index (κ3) is 3.38. The summed E-state index contributed by atoms with van der Waals surface area (Å²) in [5.41, 5.74) is 3.58. The van der Waals surface area contributed by atoms with Crippen molar-refractivity contribution in [1.29, 1.82) is 0 Å². The first-order chi connectivity index (χ1) is 15.7. The molecule has 2 aromatic carbocycles. The van der Waals surface area contributed by atoms with Gasteiger partial charge in [-0.25, -0.2) is 13.8 Å². The molecule has 1 spiro atoms. The Balaban J connectivity index is 1.67. The number of nitrogens with zero attached hydrogens (tertiary/aromatic N) is 2. The van der Waals surface area contributed by atoms with Crippen molar-refractivity contribution in [1.82, 2.24) is 9.55 Å². The highest BCUT2D eigenvalue weighted by Crippen LogP contribution is 2.59. The molecule has 0 saturated heterocycles. The van der Waals surface area contributed by atoms with E-state index in [4.69, 9.17) is 4.98 Å². The quantitative estimate of drug-likeness (QED) is 0.481. The minimum Gasteiger partial charge on any atom is -0.378 e. The van der Waals surface area contributed by atoms with Gasteiger partial charge in [-0.05, 0) is 49.9 Å². The van der Waals surface area contributed by atoms with Crippen molar-refractivity contribution >= 4 is 22.7 Å². The number of benzene rings is 2. The summed E-state index contributed by atoms with van der Waals surface area (Å²) in [7, 11) is 0. The largest absolute Gasteiger partial charge is 0.378 e.